The maximum Gasteiger partial charge on any atom is 0.410 e. The molecule has 30 heavy (non-hydrogen) atoms. The van der Waals surface area contributed by atoms with Crippen LogP contribution in [0.5, 0.6) is 0 Å². The van der Waals surface area contributed by atoms with Gasteiger partial charge in [-0.3, -0.25) is 0 Å². The zero-order valence-corrected chi connectivity index (χ0v) is 17.8. The average Bonchev–Trinajstić information content (AvgIpc) is 2.72. The molecule has 1 saturated heterocycles. The number of carbonyl (C=O) groups is 1. The lowest BCUT2D eigenvalue weighted by molar-refractivity contribution is 0.0164. The van der Waals surface area contributed by atoms with Crippen molar-refractivity contribution in [3.8, 4) is 0 Å². The minimum Gasteiger partial charge on any atom is -0.444 e. The first-order valence-electron chi connectivity index (χ1n) is 10.2. The van der Waals surface area contributed by atoms with Gasteiger partial charge in [0.2, 0.25) is 0 Å². The van der Waals surface area contributed by atoms with Crippen LogP contribution in [0, 0.1) is 0 Å². The summed E-state index contributed by atoms with van der Waals surface area (Å²) in [6, 6.07) is 11.3. The molecule has 0 spiro atoms. The van der Waals surface area contributed by atoms with Gasteiger partial charge in [0, 0.05) is 25.7 Å². The van der Waals surface area contributed by atoms with Crippen molar-refractivity contribution in [2.75, 3.05) is 25.0 Å². The number of anilines is 1. The summed E-state index contributed by atoms with van der Waals surface area (Å²) in [6.45, 7) is 6.89. The number of nitrogens with one attached hydrogen (secondary N) is 1. The number of nitrogens with two attached hydrogens (primary N) is 1. The Morgan fingerprint density at radius 1 is 1.27 bits per heavy atom. The number of aliphatic hydroxyl groups is 1. The number of rotatable bonds is 5. The van der Waals surface area contributed by atoms with E-state index >= 15 is 0 Å². The van der Waals surface area contributed by atoms with Crippen LogP contribution in [0.4, 0.5) is 10.6 Å². The predicted molar refractivity (Wildman–Crippen MR) is 115 cm³/mol. The number of nitrogens with zero attached hydrogens (tertiary/aromatic N) is 3. The first-order chi connectivity index (χ1) is 14.2. The van der Waals surface area contributed by atoms with E-state index < -0.39 is 17.2 Å². The number of piperidine rings is 1. The molecule has 0 saturated carbocycles. The molecule has 3 rings (SSSR count). The van der Waals surface area contributed by atoms with Crippen LogP contribution in [-0.2, 0) is 10.3 Å². The van der Waals surface area contributed by atoms with Crippen LogP contribution in [0.1, 0.15) is 51.0 Å². The van der Waals surface area contributed by atoms with Crippen molar-refractivity contribution in [3.05, 3.63) is 54.0 Å². The molecule has 162 valence electrons. The van der Waals surface area contributed by atoms with Crippen LogP contribution in [0.3, 0.4) is 0 Å². The molecular weight excluding hydrogens is 382 g/mol. The van der Waals surface area contributed by atoms with Gasteiger partial charge in [0.1, 0.15) is 17.7 Å². The normalized spacial score (nSPS) is 17.3. The van der Waals surface area contributed by atoms with Crippen molar-refractivity contribution >= 4 is 11.9 Å². The van der Waals surface area contributed by atoms with E-state index in [-0.39, 0.29) is 6.09 Å². The molecular formula is C22H31N5O3. The Balaban J connectivity index is 1.59. The number of aromatic nitrogens is 2. The fraction of sp³-hybridized carbons (Fsp3) is 0.500. The molecule has 2 heterocycles. The highest BCUT2D eigenvalue weighted by molar-refractivity contribution is 5.68. The number of amides is 1. The van der Waals surface area contributed by atoms with Crippen molar-refractivity contribution in [1.29, 1.82) is 0 Å². The summed E-state index contributed by atoms with van der Waals surface area (Å²) in [6.07, 6.45) is 1.67. The number of hydrogen-bond acceptors (Lipinski definition) is 7. The molecule has 1 fully saturated rings. The number of likely N-dealkylation sites (tertiary alicyclic amines) is 1. The lowest BCUT2D eigenvalue weighted by atomic mass is 9.85. The molecule has 0 radical (unpaired) electrons. The molecule has 1 unspecified atom stereocenters. The van der Waals surface area contributed by atoms with Gasteiger partial charge >= 0.3 is 6.09 Å². The van der Waals surface area contributed by atoms with Crippen LogP contribution in [0.2, 0.25) is 0 Å². The molecule has 0 bridgehead atoms. The fourth-order valence-electron chi connectivity index (χ4n) is 3.39. The third kappa shape index (κ3) is 5.67. The van der Waals surface area contributed by atoms with E-state index in [9.17, 15) is 9.90 Å². The standard InChI is InChI=1S/C22H31N5O3/c1-21(2,3)30-20(29)27-11-9-22(23,10-12-27)18-13-19(26-15-25-18)24-14-17(28)16-7-5-4-6-8-16/h4-8,13,15,17,28H,9-12,14,23H2,1-3H3,(H,24,25,26). The largest absolute Gasteiger partial charge is 0.444 e. The van der Waals surface area contributed by atoms with E-state index in [1.165, 1.54) is 6.33 Å². The van der Waals surface area contributed by atoms with Crippen molar-refractivity contribution in [3.63, 3.8) is 0 Å². The smallest absolute Gasteiger partial charge is 0.410 e. The lowest BCUT2D eigenvalue weighted by Crippen LogP contribution is -2.51. The van der Waals surface area contributed by atoms with E-state index in [4.69, 9.17) is 10.5 Å². The number of aliphatic hydroxyl groups excluding tert-OH is 1. The summed E-state index contributed by atoms with van der Waals surface area (Å²) < 4.78 is 5.45. The Morgan fingerprint density at radius 2 is 1.93 bits per heavy atom. The first-order valence-corrected chi connectivity index (χ1v) is 10.2. The second-order valence-corrected chi connectivity index (χ2v) is 8.72. The molecule has 1 amide bonds. The van der Waals surface area contributed by atoms with Crippen LogP contribution in [-0.4, -0.2) is 51.3 Å². The highest BCUT2D eigenvalue weighted by Gasteiger charge is 2.36. The maximum atomic E-state index is 12.3. The van der Waals surface area contributed by atoms with E-state index in [2.05, 4.69) is 15.3 Å². The third-order valence-electron chi connectivity index (χ3n) is 5.15. The van der Waals surface area contributed by atoms with Gasteiger partial charge in [-0.25, -0.2) is 14.8 Å². The topological polar surface area (TPSA) is 114 Å². The minimum atomic E-state index is -0.645. The molecule has 1 aromatic carbocycles. The van der Waals surface area contributed by atoms with Gasteiger partial charge in [-0.2, -0.15) is 0 Å². The van der Waals surface area contributed by atoms with Crippen molar-refractivity contribution in [2.45, 2.75) is 50.9 Å². The Bertz CT molecular complexity index is 845. The molecule has 1 aliphatic rings. The molecule has 1 atom stereocenters. The second-order valence-electron chi connectivity index (χ2n) is 8.72. The fourth-order valence-corrected chi connectivity index (χ4v) is 3.39. The Morgan fingerprint density at radius 3 is 2.57 bits per heavy atom. The van der Waals surface area contributed by atoms with E-state index in [0.717, 1.165) is 11.3 Å². The predicted octanol–water partition coefficient (Wildman–Crippen LogP) is 2.81. The van der Waals surface area contributed by atoms with Crippen LogP contribution in [0.25, 0.3) is 0 Å². The average molecular weight is 414 g/mol. The molecule has 0 aliphatic carbocycles. The van der Waals surface area contributed by atoms with Gasteiger partial charge in [0.15, 0.2) is 0 Å². The minimum absolute atomic E-state index is 0.315. The van der Waals surface area contributed by atoms with E-state index in [0.29, 0.717) is 38.3 Å². The zero-order valence-electron chi connectivity index (χ0n) is 17.8. The SMILES string of the molecule is CC(C)(C)OC(=O)N1CCC(N)(c2cc(NCC(O)c3ccccc3)ncn2)CC1. The van der Waals surface area contributed by atoms with E-state index in [1.54, 1.807) is 4.90 Å². The Hall–Kier alpha value is -2.71. The van der Waals surface area contributed by atoms with Crippen LogP contribution < -0.4 is 11.1 Å². The van der Waals surface area contributed by atoms with E-state index in [1.807, 2.05) is 57.2 Å². The third-order valence-corrected chi connectivity index (χ3v) is 5.15. The van der Waals surface area contributed by atoms with Crippen molar-refractivity contribution in [1.82, 2.24) is 14.9 Å². The maximum absolute atomic E-state index is 12.3. The molecule has 1 aromatic heterocycles. The summed E-state index contributed by atoms with van der Waals surface area (Å²) in [7, 11) is 0. The number of ether oxygens (including phenoxy) is 1. The van der Waals surface area contributed by atoms with Gasteiger partial charge in [-0.15, -0.1) is 0 Å². The lowest BCUT2D eigenvalue weighted by Gasteiger charge is -2.39. The molecule has 2 aromatic rings. The van der Waals surface area contributed by atoms with Crippen molar-refractivity contribution in [2.24, 2.45) is 5.73 Å². The quantitative estimate of drug-likeness (QED) is 0.691. The summed E-state index contributed by atoms with van der Waals surface area (Å²) in [5, 5.41) is 13.5. The number of hydrogen-bond donors (Lipinski definition) is 3. The number of carbonyl (C=O) groups excluding carboxylic acids is 1. The monoisotopic (exact) mass is 413 g/mol. The molecule has 8 nitrogen and oxygen atoms in total. The Labute approximate surface area is 177 Å². The molecule has 1 aliphatic heterocycles. The van der Waals surface area contributed by atoms with Crippen LogP contribution >= 0.6 is 0 Å². The van der Waals surface area contributed by atoms with Gasteiger partial charge in [0.05, 0.1) is 17.3 Å². The van der Waals surface area contributed by atoms with Crippen molar-refractivity contribution < 1.29 is 14.6 Å². The highest BCUT2D eigenvalue weighted by Crippen LogP contribution is 2.30. The highest BCUT2D eigenvalue weighted by atomic mass is 16.6. The van der Waals surface area contributed by atoms with Gasteiger partial charge in [-0.1, -0.05) is 30.3 Å². The van der Waals surface area contributed by atoms with Gasteiger partial charge in [0.25, 0.3) is 0 Å². The van der Waals surface area contributed by atoms with Gasteiger partial charge < -0.3 is 25.8 Å². The summed E-state index contributed by atoms with van der Waals surface area (Å²) in [5.74, 6) is 0.606. The van der Waals surface area contributed by atoms with Crippen LogP contribution in [0.15, 0.2) is 42.7 Å². The Kier molecular flexibility index (Phi) is 6.58. The summed E-state index contributed by atoms with van der Waals surface area (Å²) in [5.41, 5.74) is 7.03. The zero-order chi connectivity index (χ0) is 21.8. The number of benzene rings is 1. The molecule has 4 N–H and O–H groups in total. The summed E-state index contributed by atoms with van der Waals surface area (Å²) >= 11 is 0. The molecule has 8 heteroatoms. The van der Waals surface area contributed by atoms with Gasteiger partial charge in [-0.05, 0) is 39.2 Å². The summed E-state index contributed by atoms with van der Waals surface area (Å²) in [4.78, 5) is 22.6. The first kappa shape index (κ1) is 22.0. The second kappa shape index (κ2) is 8.97.